The standard InChI is InChI=1S/C6H11NO2.C2H6/c1-5(8)6(9)2-3-7-4-6;1-2/h7,9H,2-4H2,1H3;1-2H3. The number of nitrogens with one attached hydrogen (secondary N) is 1. The number of ketones is 1. The Morgan fingerprint density at radius 1 is 1.55 bits per heavy atom. The molecule has 1 saturated heterocycles. The summed E-state index contributed by atoms with van der Waals surface area (Å²) < 4.78 is 0. The lowest BCUT2D eigenvalue weighted by Gasteiger charge is -2.15. The van der Waals surface area contributed by atoms with Gasteiger partial charge in [0.1, 0.15) is 5.60 Å². The zero-order valence-corrected chi connectivity index (χ0v) is 7.48. The van der Waals surface area contributed by atoms with Crippen LogP contribution in [-0.2, 0) is 4.79 Å². The van der Waals surface area contributed by atoms with E-state index >= 15 is 0 Å². The fourth-order valence-corrected chi connectivity index (χ4v) is 0.979. The van der Waals surface area contributed by atoms with Crippen molar-refractivity contribution in [3.8, 4) is 0 Å². The van der Waals surface area contributed by atoms with E-state index in [2.05, 4.69) is 5.32 Å². The molecule has 1 atom stereocenters. The molecular formula is C8H17NO2. The van der Waals surface area contributed by atoms with Crippen LogP contribution in [0.3, 0.4) is 0 Å². The zero-order chi connectivity index (χ0) is 8.91. The minimum Gasteiger partial charge on any atom is -0.381 e. The van der Waals surface area contributed by atoms with Gasteiger partial charge in [0.25, 0.3) is 0 Å². The fraction of sp³-hybridized carbons (Fsp3) is 0.875. The molecule has 0 radical (unpaired) electrons. The largest absolute Gasteiger partial charge is 0.381 e. The lowest BCUT2D eigenvalue weighted by Crippen LogP contribution is -2.38. The van der Waals surface area contributed by atoms with Gasteiger partial charge in [0.05, 0.1) is 0 Å². The van der Waals surface area contributed by atoms with Gasteiger partial charge in [-0.15, -0.1) is 0 Å². The molecule has 0 amide bonds. The van der Waals surface area contributed by atoms with Crippen molar-refractivity contribution in [2.75, 3.05) is 13.1 Å². The molecule has 0 bridgehead atoms. The van der Waals surface area contributed by atoms with Gasteiger partial charge in [0.2, 0.25) is 0 Å². The Hall–Kier alpha value is -0.410. The van der Waals surface area contributed by atoms with Crippen LogP contribution in [0, 0.1) is 0 Å². The van der Waals surface area contributed by atoms with E-state index in [-0.39, 0.29) is 5.78 Å². The predicted octanol–water partition coefficient (Wildman–Crippen LogP) is 0.326. The molecule has 1 fully saturated rings. The van der Waals surface area contributed by atoms with E-state index in [9.17, 15) is 9.90 Å². The molecule has 1 aliphatic heterocycles. The molecule has 2 N–H and O–H groups in total. The van der Waals surface area contributed by atoms with Gasteiger partial charge >= 0.3 is 0 Å². The normalized spacial score (nSPS) is 29.1. The molecule has 66 valence electrons. The molecule has 0 aromatic rings. The van der Waals surface area contributed by atoms with Crippen molar-refractivity contribution >= 4 is 5.78 Å². The molecule has 1 unspecified atom stereocenters. The highest BCUT2D eigenvalue weighted by atomic mass is 16.3. The molecule has 11 heavy (non-hydrogen) atoms. The molecule has 0 saturated carbocycles. The Morgan fingerprint density at radius 3 is 2.27 bits per heavy atom. The average molecular weight is 159 g/mol. The Morgan fingerprint density at radius 2 is 2.09 bits per heavy atom. The van der Waals surface area contributed by atoms with Crippen molar-refractivity contribution in [3.63, 3.8) is 0 Å². The van der Waals surface area contributed by atoms with Crippen molar-refractivity contribution in [2.45, 2.75) is 32.8 Å². The van der Waals surface area contributed by atoms with E-state index in [0.717, 1.165) is 6.54 Å². The number of hydrogen-bond acceptors (Lipinski definition) is 3. The summed E-state index contributed by atoms with van der Waals surface area (Å²) in [5, 5.41) is 12.3. The van der Waals surface area contributed by atoms with Crippen LogP contribution < -0.4 is 5.32 Å². The van der Waals surface area contributed by atoms with Crippen LogP contribution in [0.15, 0.2) is 0 Å². The van der Waals surface area contributed by atoms with Crippen molar-refractivity contribution in [2.24, 2.45) is 0 Å². The topological polar surface area (TPSA) is 49.3 Å². The first kappa shape index (κ1) is 10.6. The third kappa shape index (κ3) is 2.60. The van der Waals surface area contributed by atoms with Gasteiger partial charge in [-0.3, -0.25) is 4.79 Å². The number of carbonyl (C=O) groups excluding carboxylic acids is 1. The van der Waals surface area contributed by atoms with Gasteiger partial charge < -0.3 is 10.4 Å². The Labute approximate surface area is 67.8 Å². The fourth-order valence-electron chi connectivity index (χ4n) is 0.979. The van der Waals surface area contributed by atoms with E-state index in [1.165, 1.54) is 6.92 Å². The predicted molar refractivity (Wildman–Crippen MR) is 44.5 cm³/mol. The van der Waals surface area contributed by atoms with Crippen molar-refractivity contribution in [1.29, 1.82) is 0 Å². The van der Waals surface area contributed by atoms with Gasteiger partial charge in [0.15, 0.2) is 5.78 Å². The summed E-state index contributed by atoms with van der Waals surface area (Å²) in [4.78, 5) is 10.7. The number of Topliss-reactive ketones (excluding diaryl/α,β-unsaturated/α-hetero) is 1. The molecule has 1 heterocycles. The molecular weight excluding hydrogens is 142 g/mol. The summed E-state index contributed by atoms with van der Waals surface area (Å²) in [5.41, 5.74) is -1.06. The molecule has 0 aromatic carbocycles. The zero-order valence-electron chi connectivity index (χ0n) is 7.48. The minimum atomic E-state index is -1.06. The summed E-state index contributed by atoms with van der Waals surface area (Å²) in [5.74, 6) is -0.132. The Balaban J connectivity index is 0.000000461. The van der Waals surface area contributed by atoms with Gasteiger partial charge in [-0.25, -0.2) is 0 Å². The third-order valence-electron chi connectivity index (χ3n) is 1.79. The van der Waals surface area contributed by atoms with E-state index in [1.54, 1.807) is 0 Å². The van der Waals surface area contributed by atoms with Crippen molar-refractivity contribution in [3.05, 3.63) is 0 Å². The van der Waals surface area contributed by atoms with Gasteiger partial charge in [-0.05, 0) is 19.9 Å². The van der Waals surface area contributed by atoms with E-state index in [1.807, 2.05) is 13.8 Å². The summed E-state index contributed by atoms with van der Waals surface area (Å²) in [6.45, 7) is 6.59. The van der Waals surface area contributed by atoms with E-state index < -0.39 is 5.60 Å². The van der Waals surface area contributed by atoms with Gasteiger partial charge in [-0.2, -0.15) is 0 Å². The van der Waals surface area contributed by atoms with E-state index in [4.69, 9.17) is 0 Å². The first-order valence-electron chi connectivity index (χ1n) is 4.09. The Kier molecular flexibility index (Phi) is 4.30. The van der Waals surface area contributed by atoms with Crippen molar-refractivity contribution in [1.82, 2.24) is 5.32 Å². The first-order chi connectivity index (χ1) is 5.15. The monoisotopic (exact) mass is 159 g/mol. The van der Waals surface area contributed by atoms with E-state index in [0.29, 0.717) is 13.0 Å². The number of hydrogen-bond donors (Lipinski definition) is 2. The maximum Gasteiger partial charge on any atom is 0.162 e. The van der Waals surface area contributed by atoms with Gasteiger partial charge in [-0.1, -0.05) is 13.8 Å². The van der Waals surface area contributed by atoms with Crippen LogP contribution >= 0.6 is 0 Å². The highest BCUT2D eigenvalue weighted by Crippen LogP contribution is 2.14. The molecule has 1 rings (SSSR count). The van der Waals surface area contributed by atoms with Crippen LogP contribution in [0.1, 0.15) is 27.2 Å². The second kappa shape index (κ2) is 4.46. The quantitative estimate of drug-likeness (QED) is 0.579. The third-order valence-corrected chi connectivity index (χ3v) is 1.79. The molecule has 3 nitrogen and oxygen atoms in total. The highest BCUT2D eigenvalue weighted by Gasteiger charge is 2.35. The van der Waals surface area contributed by atoms with Gasteiger partial charge in [0, 0.05) is 6.54 Å². The summed E-state index contributed by atoms with van der Waals surface area (Å²) in [7, 11) is 0. The van der Waals surface area contributed by atoms with Crippen LogP contribution in [-0.4, -0.2) is 29.6 Å². The van der Waals surface area contributed by atoms with Crippen LogP contribution in [0.2, 0.25) is 0 Å². The van der Waals surface area contributed by atoms with Crippen molar-refractivity contribution < 1.29 is 9.90 Å². The number of carbonyl (C=O) groups is 1. The summed E-state index contributed by atoms with van der Waals surface area (Å²) >= 11 is 0. The number of aliphatic hydroxyl groups is 1. The van der Waals surface area contributed by atoms with Crippen LogP contribution in [0.4, 0.5) is 0 Å². The number of β-amino-alcohol motifs (C(OH)–C–C–N with tert-alkyl or cyclic N) is 1. The minimum absolute atomic E-state index is 0.132. The average Bonchev–Trinajstić information content (AvgIpc) is 2.42. The maximum atomic E-state index is 10.7. The lowest BCUT2D eigenvalue weighted by molar-refractivity contribution is -0.133. The maximum absolute atomic E-state index is 10.7. The van der Waals surface area contributed by atoms with Crippen LogP contribution in [0.5, 0.6) is 0 Å². The summed E-state index contributed by atoms with van der Waals surface area (Å²) in [6.07, 6.45) is 0.558. The molecule has 0 spiro atoms. The SMILES string of the molecule is CC.CC(=O)C1(O)CCNC1. The number of rotatable bonds is 1. The molecule has 0 aromatic heterocycles. The molecule has 1 aliphatic rings. The van der Waals surface area contributed by atoms with Crippen LogP contribution in [0.25, 0.3) is 0 Å². The second-order valence-corrected chi connectivity index (χ2v) is 2.51. The molecule has 3 heteroatoms. The second-order valence-electron chi connectivity index (χ2n) is 2.51. The molecule has 0 aliphatic carbocycles. The first-order valence-corrected chi connectivity index (χ1v) is 4.09. The summed E-state index contributed by atoms with van der Waals surface area (Å²) in [6, 6.07) is 0. The smallest absolute Gasteiger partial charge is 0.162 e. The lowest BCUT2D eigenvalue weighted by atomic mass is 9.99. The Bertz CT molecular complexity index is 128. The highest BCUT2D eigenvalue weighted by molar-refractivity contribution is 5.85.